The minimum Gasteiger partial charge on any atom is -0.396 e. The molecule has 1 amide bonds. The van der Waals surface area contributed by atoms with Gasteiger partial charge >= 0.3 is 0 Å². The van der Waals surface area contributed by atoms with Gasteiger partial charge in [0.05, 0.1) is 15.7 Å². The van der Waals surface area contributed by atoms with Crippen LogP contribution in [0.3, 0.4) is 0 Å². The molecule has 3 nitrogen and oxygen atoms in total. The Balaban J connectivity index is 2.12. The van der Waals surface area contributed by atoms with Gasteiger partial charge in [0.1, 0.15) is 0 Å². The van der Waals surface area contributed by atoms with Gasteiger partial charge in [-0.1, -0.05) is 49.9 Å². The lowest BCUT2D eigenvalue weighted by molar-refractivity contribution is 0.0891. The summed E-state index contributed by atoms with van der Waals surface area (Å²) in [4.78, 5) is 12.3. The molecule has 0 aliphatic heterocycles. The number of nitrogen functional groups attached to an aromatic ring is 1. The predicted octanol–water partition coefficient (Wildman–Crippen LogP) is 4.13. The van der Waals surface area contributed by atoms with E-state index in [4.69, 9.17) is 28.9 Å². The summed E-state index contributed by atoms with van der Waals surface area (Å²) in [5.74, 6) is 0.972. The van der Waals surface area contributed by atoms with E-state index in [1.54, 1.807) is 12.1 Å². The van der Waals surface area contributed by atoms with Crippen molar-refractivity contribution in [3.63, 3.8) is 0 Å². The minimum absolute atomic E-state index is 0.139. The first-order chi connectivity index (χ1) is 9.40. The smallest absolute Gasteiger partial charge is 0.251 e. The number of nitrogens with one attached hydrogen (secondary N) is 1. The monoisotopic (exact) mass is 314 g/mol. The van der Waals surface area contributed by atoms with E-state index < -0.39 is 0 Å². The van der Waals surface area contributed by atoms with E-state index >= 15 is 0 Å². The average Bonchev–Trinajstić information content (AvgIpc) is 2.40. The summed E-state index contributed by atoms with van der Waals surface area (Å²) in [6.07, 6.45) is 3.40. The quantitative estimate of drug-likeness (QED) is 0.806. The van der Waals surface area contributed by atoms with Crippen molar-refractivity contribution < 1.29 is 4.79 Å². The average molecular weight is 315 g/mol. The van der Waals surface area contributed by atoms with Gasteiger partial charge in [0.15, 0.2) is 0 Å². The Morgan fingerprint density at radius 1 is 1.25 bits per heavy atom. The van der Waals surface area contributed by atoms with Crippen LogP contribution in [0.5, 0.6) is 0 Å². The largest absolute Gasteiger partial charge is 0.396 e. The highest BCUT2D eigenvalue weighted by atomic mass is 35.5. The summed E-state index contributed by atoms with van der Waals surface area (Å²) in [5, 5.41) is 3.72. The van der Waals surface area contributed by atoms with Gasteiger partial charge in [0.25, 0.3) is 5.91 Å². The summed E-state index contributed by atoms with van der Waals surface area (Å²) in [6.45, 7) is 4.43. The van der Waals surface area contributed by atoms with Crippen LogP contribution in [-0.4, -0.2) is 11.9 Å². The molecule has 1 saturated carbocycles. The number of benzene rings is 1. The Labute approximate surface area is 129 Å². The Hall–Kier alpha value is -0.930. The summed E-state index contributed by atoms with van der Waals surface area (Å²) in [5.41, 5.74) is 6.45. The summed E-state index contributed by atoms with van der Waals surface area (Å²) in [6, 6.07) is 3.34. The summed E-state index contributed by atoms with van der Waals surface area (Å²) >= 11 is 11.9. The molecule has 1 aliphatic rings. The van der Waals surface area contributed by atoms with Crippen LogP contribution in [0.25, 0.3) is 0 Å². The van der Waals surface area contributed by atoms with Crippen LogP contribution in [-0.2, 0) is 0 Å². The van der Waals surface area contributed by atoms with Gasteiger partial charge in [0, 0.05) is 11.6 Å². The SMILES string of the molecule is CC1CCCC(NC(=O)c2cc(Cl)c(N)c(Cl)c2)C1C. The number of halogens is 2. The number of carbonyl (C=O) groups is 1. The van der Waals surface area contributed by atoms with Gasteiger partial charge in [-0.25, -0.2) is 0 Å². The van der Waals surface area contributed by atoms with Crippen molar-refractivity contribution in [1.29, 1.82) is 0 Å². The highest BCUT2D eigenvalue weighted by Gasteiger charge is 2.28. The zero-order valence-corrected chi connectivity index (χ0v) is 13.3. The molecule has 1 aromatic carbocycles. The van der Waals surface area contributed by atoms with Crippen LogP contribution in [0, 0.1) is 11.8 Å². The van der Waals surface area contributed by atoms with Crippen LogP contribution in [0.4, 0.5) is 5.69 Å². The Kier molecular flexibility index (Phi) is 4.82. The van der Waals surface area contributed by atoms with Gasteiger partial charge in [-0.3, -0.25) is 4.79 Å². The number of amides is 1. The molecule has 2 rings (SSSR count). The van der Waals surface area contributed by atoms with Crippen LogP contribution < -0.4 is 11.1 Å². The molecule has 0 spiro atoms. The molecule has 3 unspecified atom stereocenters. The van der Waals surface area contributed by atoms with Crippen molar-refractivity contribution in [2.24, 2.45) is 11.8 Å². The molecule has 0 heterocycles. The first kappa shape index (κ1) is 15.5. The molecular formula is C15H20Cl2N2O. The third-order valence-electron chi connectivity index (χ3n) is 4.36. The fourth-order valence-electron chi connectivity index (χ4n) is 2.75. The fourth-order valence-corrected chi connectivity index (χ4v) is 3.24. The predicted molar refractivity (Wildman–Crippen MR) is 84.3 cm³/mol. The zero-order valence-electron chi connectivity index (χ0n) is 11.7. The van der Waals surface area contributed by atoms with E-state index in [0.29, 0.717) is 33.1 Å². The lowest BCUT2D eigenvalue weighted by Gasteiger charge is -2.34. The van der Waals surface area contributed by atoms with E-state index in [0.717, 1.165) is 12.8 Å². The minimum atomic E-state index is -0.139. The standard InChI is InChI=1S/C15H20Cl2N2O/c1-8-4-3-5-13(9(8)2)19-15(20)10-6-11(16)14(18)12(17)7-10/h6-9,13H,3-5,18H2,1-2H3,(H,19,20). The van der Waals surface area contributed by atoms with E-state index in [-0.39, 0.29) is 11.9 Å². The van der Waals surface area contributed by atoms with Crippen molar-refractivity contribution in [2.75, 3.05) is 5.73 Å². The topological polar surface area (TPSA) is 55.1 Å². The van der Waals surface area contributed by atoms with Crippen molar-refractivity contribution in [3.05, 3.63) is 27.7 Å². The van der Waals surface area contributed by atoms with Crippen molar-refractivity contribution in [1.82, 2.24) is 5.32 Å². The molecule has 3 N–H and O–H groups in total. The Morgan fingerprint density at radius 3 is 2.45 bits per heavy atom. The number of carbonyl (C=O) groups excluding carboxylic acids is 1. The third-order valence-corrected chi connectivity index (χ3v) is 4.99. The van der Waals surface area contributed by atoms with Gasteiger partial charge in [-0.15, -0.1) is 0 Å². The highest BCUT2D eigenvalue weighted by molar-refractivity contribution is 6.39. The third kappa shape index (κ3) is 3.21. The zero-order chi connectivity index (χ0) is 14.9. The lowest BCUT2D eigenvalue weighted by atomic mass is 9.78. The van der Waals surface area contributed by atoms with Gasteiger partial charge in [0.2, 0.25) is 0 Å². The molecule has 1 aromatic rings. The maximum Gasteiger partial charge on any atom is 0.251 e. The molecule has 110 valence electrons. The van der Waals surface area contributed by atoms with Crippen molar-refractivity contribution in [3.8, 4) is 0 Å². The van der Waals surface area contributed by atoms with E-state index in [2.05, 4.69) is 19.2 Å². The summed E-state index contributed by atoms with van der Waals surface area (Å²) < 4.78 is 0. The van der Waals surface area contributed by atoms with Crippen LogP contribution in [0.2, 0.25) is 10.0 Å². The number of hydrogen-bond donors (Lipinski definition) is 2. The Bertz CT molecular complexity index is 496. The molecule has 0 radical (unpaired) electrons. The van der Waals surface area contributed by atoms with Crippen LogP contribution >= 0.6 is 23.2 Å². The molecule has 1 fully saturated rings. The maximum absolute atomic E-state index is 12.3. The van der Waals surface area contributed by atoms with Crippen LogP contribution in [0.1, 0.15) is 43.5 Å². The highest BCUT2D eigenvalue weighted by Crippen LogP contribution is 2.31. The van der Waals surface area contributed by atoms with E-state index in [9.17, 15) is 4.79 Å². The number of nitrogens with two attached hydrogens (primary N) is 1. The number of rotatable bonds is 2. The first-order valence-electron chi connectivity index (χ1n) is 6.95. The molecule has 0 saturated heterocycles. The second kappa shape index (κ2) is 6.23. The molecular weight excluding hydrogens is 295 g/mol. The number of hydrogen-bond acceptors (Lipinski definition) is 2. The molecule has 0 bridgehead atoms. The normalized spacial score (nSPS) is 26.3. The molecule has 3 atom stereocenters. The summed E-state index contributed by atoms with van der Waals surface area (Å²) in [7, 11) is 0. The molecule has 0 aromatic heterocycles. The van der Waals surface area contributed by atoms with E-state index in [1.165, 1.54) is 6.42 Å². The van der Waals surface area contributed by atoms with Gasteiger partial charge < -0.3 is 11.1 Å². The van der Waals surface area contributed by atoms with Gasteiger partial charge in [-0.2, -0.15) is 0 Å². The Morgan fingerprint density at radius 2 is 1.85 bits per heavy atom. The van der Waals surface area contributed by atoms with Gasteiger partial charge in [-0.05, 0) is 30.4 Å². The van der Waals surface area contributed by atoms with Crippen molar-refractivity contribution >= 4 is 34.8 Å². The number of anilines is 1. The second-order valence-electron chi connectivity index (χ2n) is 5.70. The fraction of sp³-hybridized carbons (Fsp3) is 0.533. The first-order valence-corrected chi connectivity index (χ1v) is 7.71. The van der Waals surface area contributed by atoms with Crippen LogP contribution in [0.15, 0.2) is 12.1 Å². The van der Waals surface area contributed by atoms with Crippen molar-refractivity contribution in [2.45, 2.75) is 39.2 Å². The molecule has 5 heteroatoms. The maximum atomic E-state index is 12.3. The lowest BCUT2D eigenvalue weighted by Crippen LogP contribution is -2.43. The molecule has 1 aliphatic carbocycles. The second-order valence-corrected chi connectivity index (χ2v) is 6.52. The molecule has 20 heavy (non-hydrogen) atoms. The van der Waals surface area contributed by atoms with E-state index in [1.807, 2.05) is 0 Å².